The molecule has 0 atom stereocenters. The van der Waals surface area contributed by atoms with Crippen LogP contribution in [0, 0.1) is 0 Å². The summed E-state index contributed by atoms with van der Waals surface area (Å²) in [6, 6.07) is 7.54. The Balaban J connectivity index is 2.13. The van der Waals surface area contributed by atoms with E-state index in [1.54, 1.807) is 12.1 Å². The van der Waals surface area contributed by atoms with E-state index in [0.29, 0.717) is 12.1 Å². The molecular formula is C15H21NO2S. The largest absolute Gasteiger partial charge is 0.395 e. The van der Waals surface area contributed by atoms with Crippen LogP contribution in [-0.2, 0) is 0 Å². The van der Waals surface area contributed by atoms with Crippen LogP contribution in [0.5, 0.6) is 0 Å². The number of aliphatic hydroxyl groups excluding tert-OH is 1. The van der Waals surface area contributed by atoms with E-state index in [-0.39, 0.29) is 18.6 Å². The molecule has 1 amide bonds. The zero-order chi connectivity index (χ0) is 13.7. The van der Waals surface area contributed by atoms with E-state index < -0.39 is 0 Å². The summed E-state index contributed by atoms with van der Waals surface area (Å²) in [5.41, 5.74) is 0.678. The number of benzene rings is 1. The Hall–Kier alpha value is -1.00. The Bertz CT molecular complexity index is 413. The van der Waals surface area contributed by atoms with E-state index in [1.807, 2.05) is 17.0 Å². The number of hydrogen-bond donors (Lipinski definition) is 2. The fourth-order valence-electron chi connectivity index (χ4n) is 2.72. The molecule has 0 aromatic heterocycles. The van der Waals surface area contributed by atoms with Crippen molar-refractivity contribution in [1.29, 1.82) is 0 Å². The normalized spacial score (nSPS) is 16.3. The Labute approximate surface area is 120 Å². The van der Waals surface area contributed by atoms with Crippen LogP contribution in [-0.4, -0.2) is 35.1 Å². The molecule has 2 rings (SSSR count). The second-order valence-corrected chi connectivity index (χ2v) is 5.58. The Kier molecular flexibility index (Phi) is 5.28. The van der Waals surface area contributed by atoms with Gasteiger partial charge in [0, 0.05) is 23.0 Å². The lowest BCUT2D eigenvalue weighted by molar-refractivity contribution is 0.0585. The molecule has 3 nitrogen and oxygen atoms in total. The number of hydrogen-bond acceptors (Lipinski definition) is 3. The van der Waals surface area contributed by atoms with Gasteiger partial charge < -0.3 is 10.0 Å². The second kappa shape index (κ2) is 6.96. The van der Waals surface area contributed by atoms with Crippen LogP contribution >= 0.6 is 12.6 Å². The van der Waals surface area contributed by atoms with Gasteiger partial charge in [-0.15, -0.1) is 12.6 Å². The van der Waals surface area contributed by atoms with Gasteiger partial charge in [-0.2, -0.15) is 0 Å². The summed E-state index contributed by atoms with van der Waals surface area (Å²) in [5.74, 6) is 0.0225. The van der Waals surface area contributed by atoms with Gasteiger partial charge in [0.25, 0.3) is 5.91 Å². The number of carbonyl (C=O) groups is 1. The van der Waals surface area contributed by atoms with Gasteiger partial charge >= 0.3 is 0 Å². The van der Waals surface area contributed by atoms with Crippen molar-refractivity contribution in [3.05, 3.63) is 29.8 Å². The van der Waals surface area contributed by atoms with Crippen LogP contribution in [0.1, 0.15) is 42.5 Å². The topological polar surface area (TPSA) is 40.5 Å². The first kappa shape index (κ1) is 14.4. The van der Waals surface area contributed by atoms with Crippen molar-refractivity contribution in [2.45, 2.75) is 43.0 Å². The minimum Gasteiger partial charge on any atom is -0.395 e. The molecule has 1 fully saturated rings. The first-order valence-electron chi connectivity index (χ1n) is 6.93. The maximum Gasteiger partial charge on any atom is 0.254 e. The Morgan fingerprint density at radius 3 is 2.42 bits per heavy atom. The van der Waals surface area contributed by atoms with Crippen LogP contribution in [0.2, 0.25) is 0 Å². The third-order valence-corrected chi connectivity index (χ3v) is 4.03. The average Bonchev–Trinajstić information content (AvgIpc) is 2.46. The van der Waals surface area contributed by atoms with E-state index in [2.05, 4.69) is 12.6 Å². The Morgan fingerprint density at radius 1 is 1.21 bits per heavy atom. The second-order valence-electron chi connectivity index (χ2n) is 5.06. The van der Waals surface area contributed by atoms with Crippen molar-refractivity contribution in [1.82, 2.24) is 4.90 Å². The summed E-state index contributed by atoms with van der Waals surface area (Å²) in [6.45, 7) is 0.443. The highest BCUT2D eigenvalue weighted by atomic mass is 32.1. The predicted octanol–water partition coefficient (Wildman–Crippen LogP) is 2.74. The quantitative estimate of drug-likeness (QED) is 0.832. The number of amides is 1. The number of rotatable bonds is 4. The van der Waals surface area contributed by atoms with Crippen LogP contribution in [0.25, 0.3) is 0 Å². The summed E-state index contributed by atoms with van der Waals surface area (Å²) >= 11 is 4.23. The standard InChI is InChI=1S/C15H21NO2S/c17-11-10-16(13-4-2-1-3-5-13)15(18)12-6-8-14(19)9-7-12/h6-9,13,17,19H,1-5,10-11H2. The highest BCUT2D eigenvalue weighted by molar-refractivity contribution is 7.80. The summed E-state index contributed by atoms with van der Waals surface area (Å²) in [6.07, 6.45) is 5.71. The number of nitrogens with zero attached hydrogens (tertiary/aromatic N) is 1. The molecule has 0 radical (unpaired) electrons. The molecule has 1 aromatic carbocycles. The molecule has 1 aliphatic carbocycles. The van der Waals surface area contributed by atoms with E-state index >= 15 is 0 Å². The van der Waals surface area contributed by atoms with Gasteiger partial charge in [-0.25, -0.2) is 0 Å². The van der Waals surface area contributed by atoms with E-state index in [0.717, 1.165) is 17.7 Å². The van der Waals surface area contributed by atoms with Crippen molar-refractivity contribution in [3.8, 4) is 0 Å². The third kappa shape index (κ3) is 3.74. The zero-order valence-corrected chi connectivity index (χ0v) is 12.0. The highest BCUT2D eigenvalue weighted by Gasteiger charge is 2.25. The molecular weight excluding hydrogens is 258 g/mol. The maximum atomic E-state index is 12.5. The van der Waals surface area contributed by atoms with Crippen molar-refractivity contribution in [3.63, 3.8) is 0 Å². The molecule has 0 heterocycles. The smallest absolute Gasteiger partial charge is 0.254 e. The lowest BCUT2D eigenvalue weighted by Gasteiger charge is -2.34. The fraction of sp³-hybridized carbons (Fsp3) is 0.533. The van der Waals surface area contributed by atoms with E-state index in [9.17, 15) is 9.90 Å². The number of carbonyl (C=O) groups excluding carboxylic acids is 1. The van der Waals surface area contributed by atoms with Crippen LogP contribution in [0.15, 0.2) is 29.2 Å². The number of thiol groups is 1. The highest BCUT2D eigenvalue weighted by Crippen LogP contribution is 2.24. The molecule has 4 heteroatoms. The van der Waals surface area contributed by atoms with Crippen LogP contribution in [0.4, 0.5) is 0 Å². The van der Waals surface area contributed by atoms with Gasteiger partial charge in [0.15, 0.2) is 0 Å². The monoisotopic (exact) mass is 279 g/mol. The molecule has 1 N–H and O–H groups in total. The van der Waals surface area contributed by atoms with Gasteiger partial charge in [0.2, 0.25) is 0 Å². The van der Waals surface area contributed by atoms with Gasteiger partial charge in [0.05, 0.1) is 6.61 Å². The average molecular weight is 279 g/mol. The summed E-state index contributed by atoms with van der Waals surface area (Å²) in [4.78, 5) is 15.2. The molecule has 104 valence electrons. The first-order chi connectivity index (χ1) is 9.22. The van der Waals surface area contributed by atoms with E-state index in [1.165, 1.54) is 19.3 Å². The third-order valence-electron chi connectivity index (χ3n) is 3.73. The molecule has 19 heavy (non-hydrogen) atoms. The molecule has 0 unspecified atom stereocenters. The van der Waals surface area contributed by atoms with Crippen molar-refractivity contribution < 1.29 is 9.90 Å². The van der Waals surface area contributed by atoms with E-state index in [4.69, 9.17) is 0 Å². The summed E-state index contributed by atoms with van der Waals surface area (Å²) in [5, 5.41) is 9.20. The SMILES string of the molecule is O=C(c1ccc(S)cc1)N(CCO)C1CCCCC1. The predicted molar refractivity (Wildman–Crippen MR) is 78.7 cm³/mol. The summed E-state index contributed by atoms with van der Waals surface area (Å²) in [7, 11) is 0. The van der Waals surface area contributed by atoms with Crippen molar-refractivity contribution >= 4 is 18.5 Å². The molecule has 1 aromatic rings. The molecule has 1 aliphatic rings. The number of aliphatic hydroxyl groups is 1. The molecule has 0 saturated heterocycles. The Morgan fingerprint density at radius 2 is 1.84 bits per heavy atom. The minimum atomic E-state index is 0.0207. The van der Waals surface area contributed by atoms with Gasteiger partial charge in [0.1, 0.15) is 0 Å². The zero-order valence-electron chi connectivity index (χ0n) is 11.1. The van der Waals surface area contributed by atoms with Gasteiger partial charge in [-0.1, -0.05) is 19.3 Å². The first-order valence-corrected chi connectivity index (χ1v) is 7.38. The van der Waals surface area contributed by atoms with Crippen molar-refractivity contribution in [2.75, 3.05) is 13.2 Å². The lowest BCUT2D eigenvalue weighted by Crippen LogP contribution is -2.43. The van der Waals surface area contributed by atoms with Crippen LogP contribution < -0.4 is 0 Å². The van der Waals surface area contributed by atoms with Crippen LogP contribution in [0.3, 0.4) is 0 Å². The minimum absolute atomic E-state index is 0.0207. The molecule has 1 saturated carbocycles. The van der Waals surface area contributed by atoms with Crippen molar-refractivity contribution in [2.24, 2.45) is 0 Å². The maximum absolute atomic E-state index is 12.5. The lowest BCUT2D eigenvalue weighted by atomic mass is 9.93. The summed E-state index contributed by atoms with van der Waals surface area (Å²) < 4.78 is 0. The molecule has 0 spiro atoms. The van der Waals surface area contributed by atoms with Gasteiger partial charge in [-0.05, 0) is 37.1 Å². The fourth-order valence-corrected chi connectivity index (χ4v) is 2.87. The van der Waals surface area contributed by atoms with Gasteiger partial charge in [-0.3, -0.25) is 4.79 Å². The molecule has 0 aliphatic heterocycles. The molecule has 0 bridgehead atoms.